The lowest BCUT2D eigenvalue weighted by molar-refractivity contribution is -0.161. The Kier molecular flexibility index (Phi) is 66.2. The number of unbranched alkanes of at least 4 members (excludes halogenated alkanes) is 43. The maximum atomic E-state index is 13.1. The van der Waals surface area contributed by atoms with Gasteiger partial charge >= 0.3 is 39.5 Å². The lowest BCUT2D eigenvalue weighted by Gasteiger charge is -2.21. The quantitative estimate of drug-likeness (QED) is 0.0222. The van der Waals surface area contributed by atoms with E-state index >= 15 is 0 Å². The molecule has 0 radical (unpaired) electrons. The summed E-state index contributed by atoms with van der Waals surface area (Å²) in [6.07, 6.45) is 54.4. The molecule has 3 N–H and O–H groups in total. The standard InChI is InChI=1S/C77H150O17P2/c1-8-9-10-11-34-44-51-58-74(79)87-64-72(94-77(82)61-54-47-40-33-32-37-43-50-57-70(6)7)66-91-95(83,84)89-62-71(78)63-90-96(85,86)92-67-73(65-88-75(80)59-52-45-38-30-26-22-19-18-21-25-29-36-42-49-56-69(4)5)93-76(81)60-53-46-39-31-27-23-17-15-13-12-14-16-20-24-28-35-41-48-55-68(2)3/h68-73,78H,8-67H2,1-7H3,(H,83,84)(H,85,86)/t71-,72+,73+/m0/s1. The molecule has 0 heterocycles. The van der Waals surface area contributed by atoms with Gasteiger partial charge in [0.1, 0.15) is 19.3 Å². The van der Waals surface area contributed by atoms with Gasteiger partial charge in [-0.15, -0.1) is 0 Å². The van der Waals surface area contributed by atoms with Gasteiger partial charge in [0.15, 0.2) is 12.2 Å². The number of carbonyl (C=O) groups excluding carboxylic acids is 4. The van der Waals surface area contributed by atoms with Gasteiger partial charge in [-0.1, -0.05) is 344 Å². The molecular formula is C77H150O17P2. The van der Waals surface area contributed by atoms with E-state index in [2.05, 4.69) is 48.5 Å². The van der Waals surface area contributed by atoms with Crippen molar-refractivity contribution in [1.82, 2.24) is 0 Å². The second kappa shape index (κ2) is 67.5. The topological polar surface area (TPSA) is 237 Å². The molecule has 96 heavy (non-hydrogen) atoms. The van der Waals surface area contributed by atoms with Gasteiger partial charge in [0.05, 0.1) is 26.4 Å². The Bertz CT molecular complexity index is 1870. The summed E-state index contributed by atoms with van der Waals surface area (Å²) in [7, 11) is -9.91. The van der Waals surface area contributed by atoms with Gasteiger partial charge in [-0.2, -0.15) is 0 Å². The van der Waals surface area contributed by atoms with Crippen LogP contribution in [0.15, 0.2) is 0 Å². The maximum absolute atomic E-state index is 13.1. The predicted molar refractivity (Wildman–Crippen MR) is 391 cm³/mol. The smallest absolute Gasteiger partial charge is 0.462 e. The minimum Gasteiger partial charge on any atom is -0.462 e. The van der Waals surface area contributed by atoms with Crippen LogP contribution in [0, 0.1) is 17.8 Å². The van der Waals surface area contributed by atoms with Crippen molar-refractivity contribution < 1.29 is 80.2 Å². The molecule has 570 valence electrons. The molecule has 0 bridgehead atoms. The molecule has 0 aromatic carbocycles. The third kappa shape index (κ3) is 70.5. The van der Waals surface area contributed by atoms with Crippen molar-refractivity contribution in [3.8, 4) is 0 Å². The van der Waals surface area contributed by atoms with E-state index < -0.39 is 97.5 Å². The van der Waals surface area contributed by atoms with Crippen LogP contribution in [0.1, 0.15) is 395 Å². The summed E-state index contributed by atoms with van der Waals surface area (Å²) in [5, 5.41) is 10.6. The number of carbonyl (C=O) groups is 4. The van der Waals surface area contributed by atoms with Crippen LogP contribution in [0.4, 0.5) is 0 Å². The molecule has 2 unspecified atom stereocenters. The lowest BCUT2D eigenvalue weighted by atomic mass is 10.0. The summed E-state index contributed by atoms with van der Waals surface area (Å²) < 4.78 is 68.4. The number of ether oxygens (including phenoxy) is 4. The lowest BCUT2D eigenvalue weighted by Crippen LogP contribution is -2.30. The van der Waals surface area contributed by atoms with Crippen LogP contribution >= 0.6 is 15.6 Å². The first-order valence-corrected chi connectivity index (χ1v) is 42.8. The van der Waals surface area contributed by atoms with Crippen molar-refractivity contribution >= 4 is 39.5 Å². The molecule has 0 saturated carbocycles. The number of phosphoric ester groups is 2. The molecule has 0 aliphatic rings. The fourth-order valence-electron chi connectivity index (χ4n) is 11.8. The van der Waals surface area contributed by atoms with Gasteiger partial charge in [0.2, 0.25) is 0 Å². The van der Waals surface area contributed by atoms with Crippen molar-refractivity contribution in [2.24, 2.45) is 17.8 Å². The van der Waals surface area contributed by atoms with Gasteiger partial charge < -0.3 is 33.8 Å². The summed E-state index contributed by atoms with van der Waals surface area (Å²) in [6.45, 7) is 11.9. The Morgan fingerprint density at radius 1 is 0.281 bits per heavy atom. The minimum atomic E-state index is -4.96. The molecule has 0 spiro atoms. The van der Waals surface area contributed by atoms with E-state index in [1.54, 1.807) is 0 Å². The normalized spacial score (nSPS) is 14.1. The molecule has 0 aromatic heterocycles. The van der Waals surface area contributed by atoms with E-state index in [0.717, 1.165) is 120 Å². The number of aliphatic hydroxyl groups excluding tert-OH is 1. The summed E-state index contributed by atoms with van der Waals surface area (Å²) >= 11 is 0. The number of hydrogen-bond donors (Lipinski definition) is 3. The second-order valence-electron chi connectivity index (χ2n) is 29.2. The van der Waals surface area contributed by atoms with Crippen molar-refractivity contribution in [1.29, 1.82) is 0 Å². The molecule has 17 nitrogen and oxygen atoms in total. The maximum Gasteiger partial charge on any atom is 0.472 e. The number of esters is 4. The zero-order valence-electron chi connectivity index (χ0n) is 62.8. The van der Waals surface area contributed by atoms with Gasteiger partial charge in [0.25, 0.3) is 0 Å². The first kappa shape index (κ1) is 94.1. The summed E-state index contributed by atoms with van der Waals surface area (Å²) in [5.74, 6) is 0.215. The van der Waals surface area contributed by atoms with Crippen LogP contribution in [0.2, 0.25) is 0 Å². The highest BCUT2D eigenvalue weighted by Gasteiger charge is 2.30. The Hall–Kier alpha value is -1.94. The monoisotopic (exact) mass is 1410 g/mol. The van der Waals surface area contributed by atoms with Crippen molar-refractivity contribution in [3.63, 3.8) is 0 Å². The largest absolute Gasteiger partial charge is 0.472 e. The van der Waals surface area contributed by atoms with Crippen molar-refractivity contribution in [2.45, 2.75) is 414 Å². The molecular weight excluding hydrogens is 1260 g/mol. The van der Waals surface area contributed by atoms with E-state index in [9.17, 15) is 43.2 Å². The molecule has 0 fully saturated rings. The highest BCUT2D eigenvalue weighted by atomic mass is 31.2. The molecule has 0 aliphatic carbocycles. The average Bonchev–Trinajstić information content (AvgIpc) is 1.62. The molecule has 0 amide bonds. The van der Waals surface area contributed by atoms with E-state index in [4.69, 9.17) is 37.0 Å². The van der Waals surface area contributed by atoms with Crippen LogP contribution in [0.3, 0.4) is 0 Å². The van der Waals surface area contributed by atoms with Gasteiger partial charge in [-0.3, -0.25) is 37.3 Å². The molecule has 0 saturated heterocycles. The van der Waals surface area contributed by atoms with E-state index in [-0.39, 0.29) is 25.7 Å². The average molecular weight is 1410 g/mol. The zero-order chi connectivity index (χ0) is 70.9. The van der Waals surface area contributed by atoms with E-state index in [0.29, 0.717) is 25.7 Å². The Morgan fingerprint density at radius 2 is 0.479 bits per heavy atom. The summed E-state index contributed by atoms with van der Waals surface area (Å²) in [5.41, 5.74) is 0. The van der Waals surface area contributed by atoms with Crippen LogP contribution in [-0.4, -0.2) is 96.7 Å². The van der Waals surface area contributed by atoms with Gasteiger partial charge in [-0.05, 0) is 43.4 Å². The Balaban J connectivity index is 5.17. The molecule has 0 rings (SSSR count). The highest BCUT2D eigenvalue weighted by molar-refractivity contribution is 7.47. The fourth-order valence-corrected chi connectivity index (χ4v) is 13.4. The third-order valence-electron chi connectivity index (χ3n) is 17.9. The zero-order valence-corrected chi connectivity index (χ0v) is 64.6. The van der Waals surface area contributed by atoms with Crippen LogP contribution in [0.25, 0.3) is 0 Å². The SMILES string of the molecule is CCCCCCCCCC(=O)OC[C@H](COP(=O)(O)OC[C@H](O)COP(=O)(O)OC[C@@H](COC(=O)CCCCCCCCCCCCCCCCC(C)C)OC(=O)CCCCCCCCCCCCCCCCCCCCC(C)C)OC(=O)CCCCCCCCCCC(C)C. The van der Waals surface area contributed by atoms with Gasteiger partial charge in [-0.25, -0.2) is 9.13 Å². The molecule has 0 aromatic rings. The first-order chi connectivity index (χ1) is 46.2. The second-order valence-corrected chi connectivity index (χ2v) is 32.1. The number of phosphoric acid groups is 2. The summed E-state index contributed by atoms with van der Waals surface area (Å²) in [4.78, 5) is 72.7. The van der Waals surface area contributed by atoms with E-state index in [1.807, 2.05) is 0 Å². The molecule has 19 heteroatoms. The van der Waals surface area contributed by atoms with Crippen molar-refractivity contribution in [3.05, 3.63) is 0 Å². The Morgan fingerprint density at radius 3 is 0.708 bits per heavy atom. The van der Waals surface area contributed by atoms with Gasteiger partial charge in [0, 0.05) is 25.7 Å². The number of rotatable bonds is 75. The van der Waals surface area contributed by atoms with Crippen LogP contribution in [-0.2, 0) is 65.4 Å². The Labute approximate surface area is 588 Å². The van der Waals surface area contributed by atoms with E-state index in [1.165, 1.54) is 193 Å². The number of aliphatic hydroxyl groups is 1. The predicted octanol–water partition coefficient (Wildman–Crippen LogP) is 22.6. The van der Waals surface area contributed by atoms with Crippen molar-refractivity contribution in [2.75, 3.05) is 39.6 Å². The van der Waals surface area contributed by atoms with Crippen LogP contribution < -0.4 is 0 Å². The highest BCUT2D eigenvalue weighted by Crippen LogP contribution is 2.45. The number of hydrogen-bond acceptors (Lipinski definition) is 15. The molecule has 5 atom stereocenters. The fraction of sp³-hybridized carbons (Fsp3) is 0.948. The first-order valence-electron chi connectivity index (χ1n) is 39.8. The minimum absolute atomic E-state index is 0.104. The molecule has 0 aliphatic heterocycles. The third-order valence-corrected chi connectivity index (χ3v) is 19.8. The van der Waals surface area contributed by atoms with Crippen LogP contribution in [0.5, 0.6) is 0 Å². The summed E-state index contributed by atoms with van der Waals surface area (Å²) in [6, 6.07) is 0.